The molecule has 3 nitrogen and oxygen atoms in total. The maximum atomic E-state index is 11.9. The molecule has 2 aromatic rings. The Balaban J connectivity index is 1.93. The minimum atomic E-state index is -0.176. The molecule has 1 heterocycles. The third-order valence-electron chi connectivity index (χ3n) is 2.45. The standard InChI is InChI=1S/C13H11BrClNO2/c14-10-1-2-12(15)11(7-10)13(17)16-5-3-9-4-6-18-8-9/h1-2,4,6-8H,3,5H2,(H,16,17). The zero-order valence-electron chi connectivity index (χ0n) is 9.45. The van der Waals surface area contributed by atoms with Crippen LogP contribution in [-0.4, -0.2) is 12.5 Å². The van der Waals surface area contributed by atoms with Crippen molar-refractivity contribution in [1.29, 1.82) is 0 Å². The predicted molar refractivity (Wildman–Crippen MR) is 73.9 cm³/mol. The van der Waals surface area contributed by atoms with Crippen LogP contribution in [0.3, 0.4) is 0 Å². The molecule has 1 aromatic heterocycles. The van der Waals surface area contributed by atoms with Gasteiger partial charge >= 0.3 is 0 Å². The summed E-state index contributed by atoms with van der Waals surface area (Å²) in [5.74, 6) is -0.176. The zero-order valence-corrected chi connectivity index (χ0v) is 11.8. The minimum absolute atomic E-state index is 0.176. The molecule has 0 aliphatic rings. The molecule has 0 spiro atoms. The van der Waals surface area contributed by atoms with Gasteiger partial charge in [-0.15, -0.1) is 0 Å². The molecular formula is C13H11BrClNO2. The number of benzene rings is 1. The molecule has 0 aliphatic carbocycles. The van der Waals surface area contributed by atoms with E-state index < -0.39 is 0 Å². The van der Waals surface area contributed by atoms with E-state index in [1.165, 1.54) is 0 Å². The SMILES string of the molecule is O=C(NCCc1ccoc1)c1cc(Br)ccc1Cl. The van der Waals surface area contributed by atoms with Gasteiger partial charge in [-0.25, -0.2) is 0 Å². The van der Waals surface area contributed by atoms with Gasteiger partial charge in [-0.05, 0) is 36.2 Å². The number of nitrogens with one attached hydrogen (secondary N) is 1. The van der Waals surface area contributed by atoms with E-state index in [2.05, 4.69) is 21.2 Å². The Morgan fingerprint density at radius 1 is 1.39 bits per heavy atom. The van der Waals surface area contributed by atoms with Crippen molar-refractivity contribution in [3.05, 3.63) is 57.4 Å². The van der Waals surface area contributed by atoms with Crippen molar-refractivity contribution in [2.75, 3.05) is 6.54 Å². The first kappa shape index (κ1) is 13.2. The number of furan rings is 1. The first-order valence-electron chi connectivity index (χ1n) is 5.41. The van der Waals surface area contributed by atoms with Gasteiger partial charge in [-0.2, -0.15) is 0 Å². The van der Waals surface area contributed by atoms with Crippen LogP contribution in [0.15, 0.2) is 45.7 Å². The maximum Gasteiger partial charge on any atom is 0.252 e. The average molecular weight is 329 g/mol. The summed E-state index contributed by atoms with van der Waals surface area (Å²) in [7, 11) is 0. The highest BCUT2D eigenvalue weighted by atomic mass is 79.9. The first-order valence-corrected chi connectivity index (χ1v) is 6.58. The third kappa shape index (κ3) is 3.37. The van der Waals surface area contributed by atoms with Crippen molar-refractivity contribution in [2.45, 2.75) is 6.42 Å². The van der Waals surface area contributed by atoms with Crippen molar-refractivity contribution in [3.8, 4) is 0 Å². The number of carbonyl (C=O) groups is 1. The molecule has 0 atom stereocenters. The monoisotopic (exact) mass is 327 g/mol. The first-order chi connectivity index (χ1) is 8.66. The Morgan fingerprint density at radius 2 is 2.22 bits per heavy atom. The molecule has 5 heteroatoms. The highest BCUT2D eigenvalue weighted by molar-refractivity contribution is 9.10. The topological polar surface area (TPSA) is 42.2 Å². The van der Waals surface area contributed by atoms with E-state index in [9.17, 15) is 4.79 Å². The van der Waals surface area contributed by atoms with Crippen LogP contribution < -0.4 is 5.32 Å². The van der Waals surface area contributed by atoms with Crippen LogP contribution in [0.4, 0.5) is 0 Å². The van der Waals surface area contributed by atoms with Crippen molar-refractivity contribution in [1.82, 2.24) is 5.32 Å². The van der Waals surface area contributed by atoms with Gasteiger partial charge in [0.25, 0.3) is 5.91 Å². The smallest absolute Gasteiger partial charge is 0.252 e. The van der Waals surface area contributed by atoms with Gasteiger partial charge < -0.3 is 9.73 Å². The number of hydrogen-bond acceptors (Lipinski definition) is 2. The summed E-state index contributed by atoms with van der Waals surface area (Å²) in [6.45, 7) is 0.543. The number of halogens is 2. The Hall–Kier alpha value is -1.26. The second kappa shape index (κ2) is 6.07. The Kier molecular flexibility index (Phi) is 4.44. The molecule has 2 rings (SSSR count). The lowest BCUT2D eigenvalue weighted by Crippen LogP contribution is -2.25. The lowest BCUT2D eigenvalue weighted by atomic mass is 10.2. The molecule has 0 saturated carbocycles. The predicted octanol–water partition coefficient (Wildman–Crippen LogP) is 3.67. The van der Waals surface area contributed by atoms with E-state index in [1.54, 1.807) is 30.7 Å². The van der Waals surface area contributed by atoms with Crippen molar-refractivity contribution < 1.29 is 9.21 Å². The van der Waals surface area contributed by atoms with Gasteiger partial charge in [0.2, 0.25) is 0 Å². The Bertz CT molecular complexity index is 540. The summed E-state index contributed by atoms with van der Waals surface area (Å²) in [5.41, 5.74) is 1.52. The molecule has 0 unspecified atom stereocenters. The maximum absolute atomic E-state index is 11.9. The van der Waals surface area contributed by atoms with E-state index in [1.807, 2.05) is 6.07 Å². The largest absolute Gasteiger partial charge is 0.472 e. The number of hydrogen-bond donors (Lipinski definition) is 1. The van der Waals surface area contributed by atoms with Crippen LogP contribution >= 0.6 is 27.5 Å². The molecule has 0 saturated heterocycles. The molecule has 0 fully saturated rings. The molecule has 1 N–H and O–H groups in total. The number of rotatable bonds is 4. The van der Waals surface area contributed by atoms with Crippen molar-refractivity contribution in [3.63, 3.8) is 0 Å². The summed E-state index contributed by atoms with van der Waals surface area (Å²) < 4.78 is 5.78. The van der Waals surface area contributed by atoms with E-state index >= 15 is 0 Å². The fourth-order valence-corrected chi connectivity index (χ4v) is 2.09. The van der Waals surface area contributed by atoms with Crippen LogP contribution in [0, 0.1) is 0 Å². The fraction of sp³-hybridized carbons (Fsp3) is 0.154. The van der Waals surface area contributed by atoms with Gasteiger partial charge in [0.15, 0.2) is 0 Å². The fourth-order valence-electron chi connectivity index (χ4n) is 1.52. The van der Waals surface area contributed by atoms with E-state index in [-0.39, 0.29) is 5.91 Å². The molecule has 18 heavy (non-hydrogen) atoms. The van der Waals surface area contributed by atoms with Gasteiger partial charge in [0, 0.05) is 11.0 Å². The van der Waals surface area contributed by atoms with Crippen LogP contribution in [-0.2, 0) is 6.42 Å². The molecule has 0 aliphatic heterocycles. The molecule has 0 radical (unpaired) electrons. The second-order valence-electron chi connectivity index (χ2n) is 3.76. The lowest BCUT2D eigenvalue weighted by Gasteiger charge is -2.06. The van der Waals surface area contributed by atoms with E-state index in [4.69, 9.17) is 16.0 Å². The molecule has 0 bridgehead atoms. The average Bonchev–Trinajstić information content (AvgIpc) is 2.85. The Labute approximate surface area is 118 Å². The van der Waals surface area contributed by atoms with E-state index in [0.717, 1.165) is 16.5 Å². The number of amides is 1. The highest BCUT2D eigenvalue weighted by Crippen LogP contribution is 2.20. The van der Waals surface area contributed by atoms with Gasteiger partial charge in [0.1, 0.15) is 0 Å². The van der Waals surface area contributed by atoms with Crippen molar-refractivity contribution in [2.24, 2.45) is 0 Å². The molecule has 1 amide bonds. The summed E-state index contributed by atoms with van der Waals surface area (Å²) in [6.07, 6.45) is 4.01. The van der Waals surface area contributed by atoms with Crippen molar-refractivity contribution >= 4 is 33.4 Å². The van der Waals surface area contributed by atoms with Crippen LogP contribution in [0.1, 0.15) is 15.9 Å². The lowest BCUT2D eigenvalue weighted by molar-refractivity contribution is 0.0954. The van der Waals surface area contributed by atoms with Gasteiger partial charge in [-0.3, -0.25) is 4.79 Å². The molecule has 94 valence electrons. The quantitative estimate of drug-likeness (QED) is 0.930. The van der Waals surface area contributed by atoms with Gasteiger partial charge in [-0.1, -0.05) is 27.5 Å². The molecule has 1 aromatic carbocycles. The normalized spacial score (nSPS) is 10.3. The summed E-state index contributed by atoms with van der Waals surface area (Å²) in [5, 5.41) is 3.26. The van der Waals surface area contributed by atoms with Crippen LogP contribution in [0.5, 0.6) is 0 Å². The Morgan fingerprint density at radius 3 is 2.94 bits per heavy atom. The summed E-state index contributed by atoms with van der Waals surface area (Å²) in [4.78, 5) is 11.9. The summed E-state index contributed by atoms with van der Waals surface area (Å²) >= 11 is 9.29. The van der Waals surface area contributed by atoms with Crippen LogP contribution in [0.2, 0.25) is 5.02 Å². The molecular weight excluding hydrogens is 318 g/mol. The third-order valence-corrected chi connectivity index (χ3v) is 3.28. The second-order valence-corrected chi connectivity index (χ2v) is 5.08. The summed E-state index contributed by atoms with van der Waals surface area (Å²) in [6, 6.07) is 7.06. The van der Waals surface area contributed by atoms with Gasteiger partial charge in [0.05, 0.1) is 23.1 Å². The zero-order chi connectivity index (χ0) is 13.0. The number of carbonyl (C=O) groups excluding carboxylic acids is 1. The van der Waals surface area contributed by atoms with Crippen LogP contribution in [0.25, 0.3) is 0 Å². The minimum Gasteiger partial charge on any atom is -0.472 e. The van der Waals surface area contributed by atoms with E-state index in [0.29, 0.717) is 17.1 Å². The highest BCUT2D eigenvalue weighted by Gasteiger charge is 2.10.